The van der Waals surface area contributed by atoms with Crippen molar-refractivity contribution in [3.8, 4) is 0 Å². The first kappa shape index (κ1) is 28.9. The number of halogens is 2. The second-order valence-electron chi connectivity index (χ2n) is 8.34. The van der Waals surface area contributed by atoms with Gasteiger partial charge in [0.25, 0.3) is 0 Å². The van der Waals surface area contributed by atoms with E-state index in [4.69, 9.17) is 5.73 Å². The highest BCUT2D eigenvalue weighted by Gasteiger charge is 2.28. The van der Waals surface area contributed by atoms with Gasteiger partial charge in [-0.05, 0) is 18.8 Å². The van der Waals surface area contributed by atoms with Gasteiger partial charge in [-0.15, -0.1) is 24.8 Å². The lowest BCUT2D eigenvalue weighted by Gasteiger charge is -2.37. The highest BCUT2D eigenvalue weighted by Crippen LogP contribution is 2.25. The molecule has 0 radical (unpaired) electrons. The summed E-state index contributed by atoms with van der Waals surface area (Å²) in [7, 11) is 0. The van der Waals surface area contributed by atoms with Gasteiger partial charge in [0, 0.05) is 45.2 Å². The van der Waals surface area contributed by atoms with Crippen LogP contribution in [-0.4, -0.2) is 79.4 Å². The molecule has 1 atom stereocenters. The molecule has 2 fully saturated rings. The number of carbonyl (C=O) groups is 3. The molecule has 0 bridgehead atoms. The van der Waals surface area contributed by atoms with Crippen molar-refractivity contribution in [2.45, 2.75) is 52.0 Å². The third kappa shape index (κ3) is 9.37. The van der Waals surface area contributed by atoms with E-state index < -0.39 is 6.04 Å². The van der Waals surface area contributed by atoms with Gasteiger partial charge >= 0.3 is 0 Å². The fourth-order valence-electron chi connectivity index (χ4n) is 3.80. The molecule has 4 N–H and O–H groups in total. The third-order valence-electron chi connectivity index (χ3n) is 5.83. The lowest BCUT2D eigenvalue weighted by Crippen LogP contribution is -2.52. The normalized spacial score (nSPS) is 18.7. The first-order valence-corrected chi connectivity index (χ1v) is 10.7. The summed E-state index contributed by atoms with van der Waals surface area (Å²) in [5, 5.41) is 5.39. The Hall–Kier alpha value is -1.09. The Morgan fingerprint density at radius 1 is 0.967 bits per heavy atom. The van der Waals surface area contributed by atoms with Crippen molar-refractivity contribution in [1.82, 2.24) is 20.4 Å². The largest absolute Gasteiger partial charge is 0.353 e. The van der Waals surface area contributed by atoms with Crippen LogP contribution >= 0.6 is 24.8 Å². The molecule has 1 aliphatic carbocycles. The molecule has 8 nitrogen and oxygen atoms in total. The summed E-state index contributed by atoms with van der Waals surface area (Å²) in [5.74, 6) is 0.0904. The maximum Gasteiger partial charge on any atom is 0.239 e. The predicted octanol–water partition coefficient (Wildman–Crippen LogP) is 0.770. The Morgan fingerprint density at radius 3 is 2.13 bits per heavy atom. The minimum atomic E-state index is -0.597. The summed E-state index contributed by atoms with van der Waals surface area (Å²) in [6.07, 6.45) is 5.71. The van der Waals surface area contributed by atoms with Crippen molar-refractivity contribution >= 4 is 42.5 Å². The monoisotopic (exact) mass is 467 g/mol. The minimum Gasteiger partial charge on any atom is -0.353 e. The molecule has 1 aliphatic heterocycles. The Balaban J connectivity index is 0.00000420. The van der Waals surface area contributed by atoms with Gasteiger partial charge < -0.3 is 21.3 Å². The van der Waals surface area contributed by atoms with Gasteiger partial charge in [0.05, 0.1) is 12.6 Å². The number of hydrogen-bond acceptors (Lipinski definition) is 5. The summed E-state index contributed by atoms with van der Waals surface area (Å²) >= 11 is 0. The average molecular weight is 468 g/mol. The quantitative estimate of drug-likeness (QED) is 0.488. The Morgan fingerprint density at radius 2 is 1.57 bits per heavy atom. The number of carbonyl (C=O) groups excluding carboxylic acids is 3. The smallest absolute Gasteiger partial charge is 0.239 e. The van der Waals surface area contributed by atoms with Crippen molar-refractivity contribution in [1.29, 1.82) is 0 Å². The topological polar surface area (TPSA) is 108 Å². The molecule has 10 heteroatoms. The van der Waals surface area contributed by atoms with Gasteiger partial charge in [-0.3, -0.25) is 19.3 Å². The van der Waals surface area contributed by atoms with Crippen molar-refractivity contribution in [2.75, 3.05) is 45.8 Å². The summed E-state index contributed by atoms with van der Waals surface area (Å²) in [6.45, 7) is 8.18. The molecule has 0 unspecified atom stereocenters. The van der Waals surface area contributed by atoms with Gasteiger partial charge in [-0.2, -0.15) is 0 Å². The molecule has 0 spiro atoms. The van der Waals surface area contributed by atoms with Gasteiger partial charge in [0.1, 0.15) is 0 Å². The number of piperazine rings is 1. The van der Waals surface area contributed by atoms with Crippen LogP contribution < -0.4 is 16.4 Å². The van der Waals surface area contributed by atoms with Gasteiger partial charge in [-0.1, -0.05) is 33.1 Å². The van der Waals surface area contributed by atoms with Crippen LogP contribution in [0.5, 0.6) is 0 Å². The molecule has 3 amide bonds. The number of nitrogens with one attached hydrogen (secondary N) is 2. The number of amides is 3. The lowest BCUT2D eigenvalue weighted by molar-refractivity contribution is -0.138. The Kier molecular flexibility index (Phi) is 14.3. The van der Waals surface area contributed by atoms with Crippen molar-refractivity contribution < 1.29 is 14.4 Å². The summed E-state index contributed by atoms with van der Waals surface area (Å²) < 4.78 is 0. The van der Waals surface area contributed by atoms with Crippen LogP contribution in [0.25, 0.3) is 0 Å². The van der Waals surface area contributed by atoms with E-state index in [1.54, 1.807) is 0 Å². The number of nitrogens with two attached hydrogens (primary N) is 1. The van der Waals surface area contributed by atoms with E-state index in [2.05, 4.69) is 15.5 Å². The van der Waals surface area contributed by atoms with Crippen molar-refractivity contribution in [3.63, 3.8) is 0 Å². The first-order valence-electron chi connectivity index (χ1n) is 10.7. The van der Waals surface area contributed by atoms with Crippen LogP contribution in [0.15, 0.2) is 0 Å². The molecule has 0 aromatic heterocycles. The van der Waals surface area contributed by atoms with E-state index >= 15 is 0 Å². The second kappa shape index (κ2) is 14.8. The number of nitrogens with zero attached hydrogens (tertiary/aromatic N) is 2. The number of rotatable bonds is 8. The molecule has 1 heterocycles. The van der Waals surface area contributed by atoms with E-state index in [0.29, 0.717) is 12.5 Å². The Bertz CT molecular complexity index is 537. The van der Waals surface area contributed by atoms with Crippen molar-refractivity contribution in [2.24, 2.45) is 17.6 Å². The van der Waals surface area contributed by atoms with E-state index in [-0.39, 0.29) is 55.0 Å². The van der Waals surface area contributed by atoms with Crippen molar-refractivity contribution in [3.05, 3.63) is 0 Å². The second-order valence-corrected chi connectivity index (χ2v) is 8.34. The lowest BCUT2D eigenvalue weighted by atomic mass is 9.88. The zero-order valence-corrected chi connectivity index (χ0v) is 19.9. The zero-order chi connectivity index (χ0) is 20.5. The van der Waals surface area contributed by atoms with Crippen LogP contribution in [0.1, 0.15) is 46.0 Å². The molecule has 1 saturated carbocycles. The minimum absolute atomic E-state index is 0. The molecule has 2 aliphatic rings. The van der Waals surface area contributed by atoms with Gasteiger partial charge in [0.15, 0.2) is 0 Å². The predicted molar refractivity (Wildman–Crippen MR) is 123 cm³/mol. The van der Waals surface area contributed by atoms with Crippen LogP contribution in [0.2, 0.25) is 0 Å². The van der Waals surface area contributed by atoms with Gasteiger partial charge in [0.2, 0.25) is 17.7 Å². The first-order chi connectivity index (χ1) is 13.4. The SMILES string of the molecule is CC(C)[C@H](N)C(=O)NCC(=O)NCCN1CCN(C(=O)C2CCCCC2)CC1.Cl.Cl. The average Bonchev–Trinajstić information content (AvgIpc) is 2.72. The van der Waals surface area contributed by atoms with Crippen LogP contribution in [0, 0.1) is 11.8 Å². The summed E-state index contributed by atoms with van der Waals surface area (Å²) in [6, 6.07) is -0.597. The fourth-order valence-corrected chi connectivity index (χ4v) is 3.80. The van der Waals surface area contributed by atoms with E-state index in [1.807, 2.05) is 18.7 Å². The van der Waals surface area contributed by atoms with Crippen LogP contribution in [-0.2, 0) is 14.4 Å². The number of hydrogen-bond donors (Lipinski definition) is 3. The molecular weight excluding hydrogens is 429 g/mol. The van der Waals surface area contributed by atoms with E-state index in [0.717, 1.165) is 45.6 Å². The molecule has 0 aromatic carbocycles. The summed E-state index contributed by atoms with van der Waals surface area (Å²) in [5.41, 5.74) is 5.75. The standard InChI is InChI=1S/C20H37N5O3.2ClH/c1-15(2)18(21)19(27)23-14-17(26)22-8-9-24-10-12-25(13-11-24)20(28)16-6-4-3-5-7-16;;/h15-16,18H,3-14,21H2,1-2H3,(H,22,26)(H,23,27);2*1H/t18-;;/m0../s1. The fraction of sp³-hybridized carbons (Fsp3) is 0.850. The Labute approximate surface area is 192 Å². The molecule has 0 aromatic rings. The highest BCUT2D eigenvalue weighted by molar-refractivity contribution is 5.87. The third-order valence-corrected chi connectivity index (χ3v) is 5.83. The summed E-state index contributed by atoms with van der Waals surface area (Å²) in [4.78, 5) is 40.5. The van der Waals surface area contributed by atoms with E-state index in [9.17, 15) is 14.4 Å². The van der Waals surface area contributed by atoms with Crippen LogP contribution in [0.4, 0.5) is 0 Å². The molecule has 1 saturated heterocycles. The van der Waals surface area contributed by atoms with Crippen LogP contribution in [0.3, 0.4) is 0 Å². The highest BCUT2D eigenvalue weighted by atomic mass is 35.5. The molecule has 176 valence electrons. The molecule has 2 rings (SSSR count). The van der Waals surface area contributed by atoms with Gasteiger partial charge in [-0.25, -0.2) is 0 Å². The molecular formula is C20H39Cl2N5O3. The molecule has 30 heavy (non-hydrogen) atoms. The maximum absolute atomic E-state index is 12.6. The van der Waals surface area contributed by atoms with E-state index in [1.165, 1.54) is 19.3 Å². The maximum atomic E-state index is 12.6. The zero-order valence-electron chi connectivity index (χ0n) is 18.2.